The van der Waals surface area contributed by atoms with Gasteiger partial charge in [0.1, 0.15) is 6.23 Å². The predicted octanol–water partition coefficient (Wildman–Crippen LogP) is 1.65. The Kier molecular flexibility index (Phi) is 1.90. The van der Waals surface area contributed by atoms with Crippen LogP contribution in [-0.2, 0) is 4.74 Å². The average molecular weight is 125 g/mol. The third kappa shape index (κ3) is 1.33. The molecule has 9 heavy (non-hydrogen) atoms. The Morgan fingerprint density at radius 1 is 1.33 bits per heavy atom. The van der Waals surface area contributed by atoms with E-state index in [-0.39, 0.29) is 6.23 Å². The molecule has 0 fully saturated rings. The summed E-state index contributed by atoms with van der Waals surface area (Å²) in [5, 5.41) is 0. The Hall–Kier alpha value is -0.760. The highest BCUT2D eigenvalue weighted by molar-refractivity contribution is 4.90. The fourth-order valence-corrected chi connectivity index (χ4v) is 0.712. The van der Waals surface area contributed by atoms with Gasteiger partial charge in [-0.3, -0.25) is 0 Å². The number of hydrogen-bond donors (Lipinski definition) is 0. The average Bonchev–Trinajstić information content (AvgIpc) is 2.37. The van der Waals surface area contributed by atoms with Crippen molar-refractivity contribution in [3.63, 3.8) is 0 Å². The van der Waals surface area contributed by atoms with E-state index in [9.17, 15) is 0 Å². The highest BCUT2D eigenvalue weighted by Crippen LogP contribution is 2.04. The molecule has 0 radical (unpaired) electrons. The molecular formula is C7H11NO. The summed E-state index contributed by atoms with van der Waals surface area (Å²) in [5.41, 5.74) is 0. The second-order valence-corrected chi connectivity index (χ2v) is 1.97. The second kappa shape index (κ2) is 2.69. The molecule has 50 valence electrons. The summed E-state index contributed by atoms with van der Waals surface area (Å²) in [6.45, 7) is 2.00. The van der Waals surface area contributed by atoms with Crippen LogP contribution in [0.2, 0.25) is 0 Å². The Bertz CT molecular complexity index is 157. The maximum absolute atomic E-state index is 5.06. The first-order valence-electron chi connectivity index (χ1n) is 3.00. The van der Waals surface area contributed by atoms with Gasteiger partial charge in [0.05, 0.1) is 0 Å². The Morgan fingerprint density at radius 3 is 2.33 bits per heavy atom. The topological polar surface area (TPSA) is 14.2 Å². The predicted molar refractivity (Wildman–Crippen MR) is 36.2 cm³/mol. The third-order valence-electron chi connectivity index (χ3n) is 1.39. The van der Waals surface area contributed by atoms with Crippen LogP contribution < -0.4 is 0 Å². The van der Waals surface area contributed by atoms with Gasteiger partial charge in [-0.25, -0.2) is 0 Å². The van der Waals surface area contributed by atoms with Gasteiger partial charge in [-0.2, -0.15) is 0 Å². The van der Waals surface area contributed by atoms with E-state index in [4.69, 9.17) is 4.74 Å². The van der Waals surface area contributed by atoms with Crippen LogP contribution in [0.25, 0.3) is 0 Å². The zero-order valence-electron chi connectivity index (χ0n) is 5.74. The number of nitrogens with zero attached hydrogens (tertiary/aromatic N) is 1. The first-order chi connectivity index (χ1) is 4.34. The van der Waals surface area contributed by atoms with Crippen molar-refractivity contribution in [2.75, 3.05) is 7.11 Å². The van der Waals surface area contributed by atoms with Crippen LogP contribution in [0.5, 0.6) is 0 Å². The van der Waals surface area contributed by atoms with Crippen molar-refractivity contribution in [1.29, 1.82) is 0 Å². The highest BCUT2D eigenvalue weighted by Gasteiger charge is 1.96. The summed E-state index contributed by atoms with van der Waals surface area (Å²) in [7, 11) is 1.70. The summed E-state index contributed by atoms with van der Waals surface area (Å²) in [5.74, 6) is 0. The molecule has 1 atom stereocenters. The van der Waals surface area contributed by atoms with Crippen LogP contribution in [0.4, 0.5) is 0 Å². The summed E-state index contributed by atoms with van der Waals surface area (Å²) >= 11 is 0. The number of ether oxygens (including phenoxy) is 1. The molecule has 0 spiro atoms. The van der Waals surface area contributed by atoms with Crippen LogP contribution in [-0.4, -0.2) is 11.7 Å². The van der Waals surface area contributed by atoms with Gasteiger partial charge >= 0.3 is 0 Å². The number of aromatic nitrogens is 1. The lowest BCUT2D eigenvalue weighted by Crippen LogP contribution is -2.03. The molecule has 0 bridgehead atoms. The molecule has 1 heterocycles. The smallest absolute Gasteiger partial charge is 0.130 e. The van der Waals surface area contributed by atoms with E-state index in [0.29, 0.717) is 0 Å². The van der Waals surface area contributed by atoms with Crippen molar-refractivity contribution >= 4 is 0 Å². The minimum atomic E-state index is 0.153. The Balaban J connectivity index is 2.65. The summed E-state index contributed by atoms with van der Waals surface area (Å²) in [6, 6.07) is 3.96. The quantitative estimate of drug-likeness (QED) is 0.586. The minimum Gasteiger partial charge on any atom is -0.362 e. The van der Waals surface area contributed by atoms with E-state index >= 15 is 0 Å². The van der Waals surface area contributed by atoms with Crippen molar-refractivity contribution in [3.8, 4) is 0 Å². The van der Waals surface area contributed by atoms with Crippen molar-refractivity contribution in [1.82, 2.24) is 4.57 Å². The Morgan fingerprint density at radius 2 is 1.89 bits per heavy atom. The fourth-order valence-electron chi connectivity index (χ4n) is 0.712. The molecule has 0 saturated carbocycles. The standard InChI is InChI=1S/C7H11NO/c1-7(9-2)8-5-3-4-6-8/h3-7H,1-2H3. The molecule has 1 rings (SSSR count). The maximum Gasteiger partial charge on any atom is 0.130 e. The molecule has 0 aliphatic heterocycles. The molecule has 0 aliphatic rings. The molecule has 1 unspecified atom stereocenters. The van der Waals surface area contributed by atoms with Crippen LogP contribution >= 0.6 is 0 Å². The van der Waals surface area contributed by atoms with E-state index in [2.05, 4.69) is 0 Å². The van der Waals surface area contributed by atoms with E-state index in [1.54, 1.807) is 7.11 Å². The lowest BCUT2D eigenvalue weighted by Gasteiger charge is -2.09. The minimum absolute atomic E-state index is 0.153. The van der Waals surface area contributed by atoms with Gasteiger partial charge in [-0.1, -0.05) is 0 Å². The molecule has 0 aromatic carbocycles. The molecule has 0 saturated heterocycles. The van der Waals surface area contributed by atoms with Gasteiger partial charge in [0.2, 0.25) is 0 Å². The van der Waals surface area contributed by atoms with E-state index in [1.807, 2.05) is 36.0 Å². The van der Waals surface area contributed by atoms with Gasteiger partial charge in [0.25, 0.3) is 0 Å². The molecule has 0 amide bonds. The first-order valence-corrected chi connectivity index (χ1v) is 3.00. The molecule has 1 aromatic heterocycles. The highest BCUT2D eigenvalue weighted by atomic mass is 16.5. The second-order valence-electron chi connectivity index (χ2n) is 1.97. The zero-order valence-corrected chi connectivity index (χ0v) is 5.74. The van der Waals surface area contributed by atoms with Crippen LogP contribution in [0.1, 0.15) is 13.2 Å². The molecule has 1 aromatic rings. The van der Waals surface area contributed by atoms with Crippen LogP contribution in [0, 0.1) is 0 Å². The summed E-state index contributed by atoms with van der Waals surface area (Å²) in [6.07, 6.45) is 4.11. The monoisotopic (exact) mass is 125 g/mol. The number of rotatable bonds is 2. The molecule has 2 nitrogen and oxygen atoms in total. The largest absolute Gasteiger partial charge is 0.362 e. The van der Waals surface area contributed by atoms with Gasteiger partial charge in [-0.15, -0.1) is 0 Å². The number of methoxy groups -OCH3 is 1. The van der Waals surface area contributed by atoms with E-state index in [0.717, 1.165) is 0 Å². The zero-order chi connectivity index (χ0) is 6.69. The molecule has 0 N–H and O–H groups in total. The van der Waals surface area contributed by atoms with Crippen molar-refractivity contribution in [2.45, 2.75) is 13.2 Å². The molecular weight excluding hydrogens is 114 g/mol. The fraction of sp³-hybridized carbons (Fsp3) is 0.429. The lowest BCUT2D eigenvalue weighted by molar-refractivity contribution is 0.0608. The van der Waals surface area contributed by atoms with Crippen LogP contribution in [0.3, 0.4) is 0 Å². The maximum atomic E-state index is 5.06. The van der Waals surface area contributed by atoms with E-state index < -0.39 is 0 Å². The SMILES string of the molecule is COC(C)n1cccc1. The van der Waals surface area contributed by atoms with Crippen molar-refractivity contribution in [3.05, 3.63) is 24.5 Å². The summed E-state index contributed by atoms with van der Waals surface area (Å²) < 4.78 is 7.06. The summed E-state index contributed by atoms with van der Waals surface area (Å²) in [4.78, 5) is 0. The van der Waals surface area contributed by atoms with Gasteiger partial charge in [0.15, 0.2) is 0 Å². The normalized spacial score (nSPS) is 13.6. The van der Waals surface area contributed by atoms with Crippen LogP contribution in [0.15, 0.2) is 24.5 Å². The molecule has 0 aliphatic carbocycles. The molecule has 2 heteroatoms. The Labute approximate surface area is 55.1 Å². The van der Waals surface area contributed by atoms with Gasteiger partial charge < -0.3 is 9.30 Å². The van der Waals surface area contributed by atoms with Crippen molar-refractivity contribution < 1.29 is 4.74 Å². The number of hydrogen-bond acceptors (Lipinski definition) is 1. The van der Waals surface area contributed by atoms with Gasteiger partial charge in [-0.05, 0) is 19.1 Å². The van der Waals surface area contributed by atoms with Gasteiger partial charge in [0, 0.05) is 19.5 Å². The van der Waals surface area contributed by atoms with E-state index in [1.165, 1.54) is 0 Å². The van der Waals surface area contributed by atoms with Crippen molar-refractivity contribution in [2.24, 2.45) is 0 Å². The lowest BCUT2D eigenvalue weighted by atomic mass is 10.6. The third-order valence-corrected chi connectivity index (χ3v) is 1.39. The first kappa shape index (κ1) is 6.36.